The van der Waals surface area contributed by atoms with Crippen LogP contribution in [0.3, 0.4) is 0 Å². The molecule has 1 aromatic heterocycles. The summed E-state index contributed by atoms with van der Waals surface area (Å²) in [5.41, 5.74) is 3.60. The van der Waals surface area contributed by atoms with Gasteiger partial charge in [0.25, 0.3) is 0 Å². The summed E-state index contributed by atoms with van der Waals surface area (Å²) in [6, 6.07) is 2.44. The van der Waals surface area contributed by atoms with Crippen molar-refractivity contribution >= 4 is 11.7 Å². The number of nitriles is 1. The molecule has 31 heavy (non-hydrogen) atoms. The van der Waals surface area contributed by atoms with E-state index in [0.717, 1.165) is 42.0 Å². The molecule has 2 aliphatic rings. The summed E-state index contributed by atoms with van der Waals surface area (Å²) in [5.74, 6) is 1.56. The van der Waals surface area contributed by atoms with Gasteiger partial charge in [0.1, 0.15) is 11.9 Å². The summed E-state index contributed by atoms with van der Waals surface area (Å²) in [4.78, 5) is 21.5. The third-order valence-corrected chi connectivity index (χ3v) is 6.24. The second-order valence-electron chi connectivity index (χ2n) is 9.63. The molecule has 0 aromatic carbocycles. The van der Waals surface area contributed by atoms with E-state index in [4.69, 9.17) is 9.72 Å². The molecule has 1 aromatic rings. The Morgan fingerprint density at radius 1 is 1.26 bits per heavy atom. The second kappa shape index (κ2) is 9.97. The standard InChI is InChI=1S/C24H37N5O2/c1-6-21-20-16-31-24(4,5)13-18(20)19(14-25)23(27-21)29-11-9-28(10-12-29)22(30)15-26-8-7-17(2)3/h17,26H,6-13,15-16H2,1-5H3. The molecule has 0 atom stereocenters. The predicted octanol–water partition coefficient (Wildman–Crippen LogP) is 2.65. The highest BCUT2D eigenvalue weighted by atomic mass is 16.5. The van der Waals surface area contributed by atoms with E-state index in [1.54, 1.807) is 0 Å². The summed E-state index contributed by atoms with van der Waals surface area (Å²) in [5, 5.41) is 13.3. The van der Waals surface area contributed by atoms with Crippen LogP contribution >= 0.6 is 0 Å². The summed E-state index contributed by atoms with van der Waals surface area (Å²) >= 11 is 0. The van der Waals surface area contributed by atoms with Gasteiger partial charge >= 0.3 is 0 Å². The first kappa shape index (κ1) is 23.5. The Bertz CT molecular complexity index is 835. The van der Waals surface area contributed by atoms with Gasteiger partial charge in [0.2, 0.25) is 5.91 Å². The van der Waals surface area contributed by atoms with Crippen LogP contribution in [0.25, 0.3) is 0 Å². The van der Waals surface area contributed by atoms with Crippen molar-refractivity contribution in [1.29, 1.82) is 5.26 Å². The van der Waals surface area contributed by atoms with E-state index in [-0.39, 0.29) is 11.5 Å². The Morgan fingerprint density at radius 3 is 2.58 bits per heavy atom. The van der Waals surface area contributed by atoms with Crippen LogP contribution < -0.4 is 10.2 Å². The van der Waals surface area contributed by atoms with Crippen molar-refractivity contribution in [3.8, 4) is 6.07 Å². The lowest BCUT2D eigenvalue weighted by Crippen LogP contribution is -2.51. The van der Waals surface area contributed by atoms with Crippen LogP contribution in [-0.4, -0.2) is 60.7 Å². The molecule has 1 fully saturated rings. The van der Waals surface area contributed by atoms with Gasteiger partial charge in [-0.15, -0.1) is 0 Å². The van der Waals surface area contributed by atoms with Crippen LogP contribution in [-0.2, 0) is 29.0 Å². The van der Waals surface area contributed by atoms with E-state index in [9.17, 15) is 10.1 Å². The monoisotopic (exact) mass is 427 g/mol. The van der Waals surface area contributed by atoms with Crippen molar-refractivity contribution < 1.29 is 9.53 Å². The number of nitrogens with zero attached hydrogens (tertiary/aromatic N) is 4. The Morgan fingerprint density at radius 2 is 1.97 bits per heavy atom. The highest BCUT2D eigenvalue weighted by Gasteiger charge is 2.33. The lowest BCUT2D eigenvalue weighted by atomic mass is 9.87. The number of carbonyl (C=O) groups is 1. The molecule has 0 aliphatic carbocycles. The number of ether oxygens (including phenoxy) is 1. The fourth-order valence-electron chi connectivity index (χ4n) is 4.33. The van der Waals surface area contributed by atoms with Crippen LogP contribution in [0.5, 0.6) is 0 Å². The van der Waals surface area contributed by atoms with Gasteiger partial charge in [0, 0.05) is 43.9 Å². The van der Waals surface area contributed by atoms with Crippen LogP contribution in [0.4, 0.5) is 5.82 Å². The highest BCUT2D eigenvalue weighted by molar-refractivity contribution is 5.78. The molecule has 0 radical (unpaired) electrons. The first-order chi connectivity index (χ1) is 14.8. The first-order valence-electron chi connectivity index (χ1n) is 11.6. The topological polar surface area (TPSA) is 81.5 Å². The van der Waals surface area contributed by atoms with E-state index in [2.05, 4.69) is 50.9 Å². The van der Waals surface area contributed by atoms with Gasteiger partial charge in [0.05, 0.1) is 24.3 Å². The van der Waals surface area contributed by atoms with Crippen molar-refractivity contribution in [3.05, 3.63) is 22.4 Å². The Hall–Kier alpha value is -2.17. The lowest BCUT2D eigenvalue weighted by molar-refractivity contribution is -0.130. The van der Waals surface area contributed by atoms with E-state index in [1.807, 2.05) is 4.90 Å². The van der Waals surface area contributed by atoms with Crippen LogP contribution in [0.15, 0.2) is 0 Å². The zero-order chi connectivity index (χ0) is 22.6. The fraction of sp³-hybridized carbons (Fsp3) is 0.708. The molecule has 0 bridgehead atoms. The molecule has 0 unspecified atom stereocenters. The molecule has 0 spiro atoms. The number of piperazine rings is 1. The number of carbonyl (C=O) groups excluding carboxylic acids is 1. The van der Waals surface area contributed by atoms with E-state index >= 15 is 0 Å². The maximum atomic E-state index is 12.5. The summed E-state index contributed by atoms with van der Waals surface area (Å²) in [6.45, 7) is 15.1. The molecule has 0 saturated carbocycles. The summed E-state index contributed by atoms with van der Waals surface area (Å²) in [7, 11) is 0. The Labute approximate surface area is 186 Å². The van der Waals surface area contributed by atoms with Gasteiger partial charge in [-0.3, -0.25) is 4.79 Å². The maximum Gasteiger partial charge on any atom is 0.236 e. The summed E-state index contributed by atoms with van der Waals surface area (Å²) < 4.78 is 6.00. The number of aryl methyl sites for hydroxylation is 1. The van der Waals surface area contributed by atoms with Gasteiger partial charge in [0.15, 0.2) is 0 Å². The number of aromatic nitrogens is 1. The van der Waals surface area contributed by atoms with Gasteiger partial charge < -0.3 is 19.9 Å². The van der Waals surface area contributed by atoms with Crippen molar-refractivity contribution in [2.45, 2.75) is 66.1 Å². The van der Waals surface area contributed by atoms with Crippen LogP contribution in [0.2, 0.25) is 0 Å². The second-order valence-corrected chi connectivity index (χ2v) is 9.63. The average molecular weight is 428 g/mol. The van der Waals surface area contributed by atoms with Crippen LogP contribution in [0.1, 0.15) is 63.4 Å². The minimum absolute atomic E-state index is 0.149. The van der Waals surface area contributed by atoms with Gasteiger partial charge in [-0.05, 0) is 44.7 Å². The number of amides is 1. The molecule has 3 heterocycles. The quantitative estimate of drug-likeness (QED) is 0.674. The number of nitrogens with one attached hydrogen (secondary N) is 1. The Kier molecular flexibility index (Phi) is 7.55. The number of hydrogen-bond donors (Lipinski definition) is 1. The molecule has 1 N–H and O–H groups in total. The molecular weight excluding hydrogens is 390 g/mol. The van der Waals surface area contributed by atoms with Gasteiger partial charge in [-0.1, -0.05) is 20.8 Å². The molecule has 7 heteroatoms. The van der Waals surface area contributed by atoms with Crippen molar-refractivity contribution in [3.63, 3.8) is 0 Å². The molecule has 2 aliphatic heterocycles. The average Bonchev–Trinajstić information content (AvgIpc) is 2.74. The lowest BCUT2D eigenvalue weighted by Gasteiger charge is -2.38. The molecule has 170 valence electrons. The summed E-state index contributed by atoms with van der Waals surface area (Å²) in [6.07, 6.45) is 2.60. The van der Waals surface area contributed by atoms with Crippen molar-refractivity contribution in [2.75, 3.05) is 44.2 Å². The zero-order valence-corrected chi connectivity index (χ0v) is 19.8. The number of anilines is 1. The van der Waals surface area contributed by atoms with E-state index in [0.29, 0.717) is 57.2 Å². The molecule has 1 amide bonds. The normalized spacial score (nSPS) is 18.1. The number of fused-ring (bicyclic) bond motifs is 1. The van der Waals surface area contributed by atoms with Gasteiger partial charge in [-0.25, -0.2) is 4.98 Å². The van der Waals surface area contributed by atoms with E-state index in [1.165, 1.54) is 0 Å². The molecule has 7 nitrogen and oxygen atoms in total. The number of rotatable bonds is 7. The third-order valence-electron chi connectivity index (χ3n) is 6.24. The van der Waals surface area contributed by atoms with Gasteiger partial charge in [-0.2, -0.15) is 5.26 Å². The molecular formula is C24H37N5O2. The predicted molar refractivity (Wildman–Crippen MR) is 122 cm³/mol. The zero-order valence-electron chi connectivity index (χ0n) is 19.8. The van der Waals surface area contributed by atoms with Crippen molar-refractivity contribution in [2.24, 2.45) is 5.92 Å². The minimum atomic E-state index is -0.282. The highest BCUT2D eigenvalue weighted by Crippen LogP contribution is 2.35. The largest absolute Gasteiger partial charge is 0.370 e. The first-order valence-corrected chi connectivity index (χ1v) is 11.6. The smallest absolute Gasteiger partial charge is 0.236 e. The van der Waals surface area contributed by atoms with E-state index < -0.39 is 0 Å². The molecule has 3 rings (SSSR count). The number of hydrogen-bond acceptors (Lipinski definition) is 6. The SMILES string of the molecule is CCc1nc(N2CCN(C(=O)CNCCC(C)C)CC2)c(C#N)c2c1COC(C)(C)C2. The number of pyridine rings is 1. The Balaban J connectivity index is 1.70. The fourth-order valence-corrected chi connectivity index (χ4v) is 4.33. The van der Waals surface area contributed by atoms with Crippen molar-refractivity contribution in [1.82, 2.24) is 15.2 Å². The molecule has 1 saturated heterocycles. The van der Waals surface area contributed by atoms with Crippen LogP contribution in [0, 0.1) is 17.2 Å². The maximum absolute atomic E-state index is 12.5. The third kappa shape index (κ3) is 5.55. The minimum Gasteiger partial charge on any atom is -0.370 e.